The molecule has 28 heavy (non-hydrogen) atoms. The minimum absolute atomic E-state index is 0.201. The number of esters is 1. The topological polar surface area (TPSA) is 46.6 Å². The van der Waals surface area contributed by atoms with E-state index in [9.17, 15) is 14.0 Å². The Morgan fingerprint density at radius 3 is 1.75 bits per heavy atom. The van der Waals surface area contributed by atoms with Crippen LogP contribution in [-0.2, 0) is 22.6 Å². The van der Waals surface area contributed by atoms with Crippen LogP contribution in [0.1, 0.15) is 21.5 Å². The summed E-state index contributed by atoms with van der Waals surface area (Å²) in [6, 6.07) is 24.2. The van der Waals surface area contributed by atoms with Crippen molar-refractivity contribution in [3.8, 4) is 0 Å². The average molecular weight is 377 g/mol. The molecule has 0 heterocycles. The van der Waals surface area contributed by atoms with Gasteiger partial charge in [0.1, 0.15) is 5.82 Å². The Kier molecular flexibility index (Phi) is 6.52. The van der Waals surface area contributed by atoms with Crippen LogP contribution >= 0.6 is 0 Å². The number of halogens is 1. The smallest absolute Gasteiger partial charge is 0.338 e. The predicted octanol–water partition coefficient (Wildman–Crippen LogP) is 4.21. The Hall–Kier alpha value is -3.47. The maximum Gasteiger partial charge on any atom is 0.338 e. The maximum absolute atomic E-state index is 13.0. The monoisotopic (exact) mass is 377 g/mol. The van der Waals surface area contributed by atoms with E-state index in [0.29, 0.717) is 13.1 Å². The van der Waals surface area contributed by atoms with Crippen molar-refractivity contribution in [2.75, 3.05) is 6.61 Å². The minimum Gasteiger partial charge on any atom is -0.452 e. The summed E-state index contributed by atoms with van der Waals surface area (Å²) in [7, 11) is 0. The van der Waals surface area contributed by atoms with Gasteiger partial charge in [-0.15, -0.1) is 0 Å². The Morgan fingerprint density at radius 1 is 0.750 bits per heavy atom. The normalized spacial score (nSPS) is 10.3. The van der Waals surface area contributed by atoms with Crippen molar-refractivity contribution >= 4 is 11.9 Å². The Balaban J connectivity index is 1.66. The Morgan fingerprint density at radius 2 is 1.25 bits per heavy atom. The highest BCUT2D eigenvalue weighted by molar-refractivity contribution is 5.91. The molecule has 0 fully saturated rings. The van der Waals surface area contributed by atoms with Gasteiger partial charge >= 0.3 is 5.97 Å². The summed E-state index contributed by atoms with van der Waals surface area (Å²) in [4.78, 5) is 26.5. The third kappa shape index (κ3) is 5.51. The van der Waals surface area contributed by atoms with Gasteiger partial charge in [0.25, 0.3) is 5.91 Å². The number of benzene rings is 3. The molecule has 0 saturated heterocycles. The average Bonchev–Trinajstić information content (AvgIpc) is 2.73. The lowest BCUT2D eigenvalue weighted by Crippen LogP contribution is -2.33. The highest BCUT2D eigenvalue weighted by atomic mass is 19.1. The lowest BCUT2D eigenvalue weighted by molar-refractivity contribution is -0.135. The number of amides is 1. The molecule has 4 nitrogen and oxygen atoms in total. The van der Waals surface area contributed by atoms with E-state index in [2.05, 4.69) is 0 Å². The molecule has 0 spiro atoms. The van der Waals surface area contributed by atoms with Crippen LogP contribution in [0.4, 0.5) is 4.39 Å². The first-order valence-corrected chi connectivity index (χ1v) is 8.90. The second-order valence-electron chi connectivity index (χ2n) is 6.30. The zero-order chi connectivity index (χ0) is 19.8. The van der Waals surface area contributed by atoms with Crippen LogP contribution in [0.3, 0.4) is 0 Å². The molecule has 142 valence electrons. The van der Waals surface area contributed by atoms with Crippen molar-refractivity contribution in [3.63, 3.8) is 0 Å². The molecule has 0 unspecified atom stereocenters. The van der Waals surface area contributed by atoms with Crippen LogP contribution < -0.4 is 0 Å². The number of nitrogens with zero attached hydrogens (tertiary/aromatic N) is 1. The fraction of sp³-hybridized carbons (Fsp3) is 0.130. The molecule has 0 aromatic heterocycles. The zero-order valence-electron chi connectivity index (χ0n) is 15.3. The SMILES string of the molecule is O=C(OCC(=O)N(Cc1ccccc1)Cc1ccccc1)c1ccc(F)cc1. The molecule has 0 aliphatic carbocycles. The summed E-state index contributed by atoms with van der Waals surface area (Å²) in [6.07, 6.45) is 0. The lowest BCUT2D eigenvalue weighted by atomic mass is 10.1. The van der Waals surface area contributed by atoms with E-state index in [4.69, 9.17) is 4.74 Å². The molecule has 0 radical (unpaired) electrons. The second kappa shape index (κ2) is 9.46. The number of rotatable bonds is 7. The van der Waals surface area contributed by atoms with Crippen molar-refractivity contribution in [1.29, 1.82) is 0 Å². The van der Waals surface area contributed by atoms with Gasteiger partial charge in [0.15, 0.2) is 6.61 Å². The standard InChI is InChI=1S/C23H20FNO3/c24-21-13-11-20(12-14-21)23(27)28-17-22(26)25(15-18-7-3-1-4-8-18)16-19-9-5-2-6-10-19/h1-14H,15-17H2. The fourth-order valence-electron chi connectivity index (χ4n) is 2.73. The quantitative estimate of drug-likeness (QED) is 0.580. The van der Waals surface area contributed by atoms with Gasteiger partial charge in [-0.25, -0.2) is 9.18 Å². The van der Waals surface area contributed by atoms with Gasteiger partial charge < -0.3 is 9.64 Å². The summed E-state index contributed by atoms with van der Waals surface area (Å²) in [5.41, 5.74) is 2.17. The van der Waals surface area contributed by atoms with E-state index in [1.165, 1.54) is 24.3 Å². The van der Waals surface area contributed by atoms with Crippen molar-refractivity contribution in [1.82, 2.24) is 4.90 Å². The van der Waals surface area contributed by atoms with Crippen molar-refractivity contribution < 1.29 is 18.7 Å². The molecule has 0 saturated carbocycles. The largest absolute Gasteiger partial charge is 0.452 e. The van der Waals surface area contributed by atoms with Gasteiger partial charge in [-0.3, -0.25) is 4.79 Å². The highest BCUT2D eigenvalue weighted by Gasteiger charge is 2.17. The van der Waals surface area contributed by atoms with Crippen LogP contribution in [0.5, 0.6) is 0 Å². The molecule has 0 bridgehead atoms. The molecule has 5 heteroatoms. The molecule has 0 aliphatic heterocycles. The molecule has 0 N–H and O–H groups in total. The molecule has 1 amide bonds. The van der Waals surface area contributed by atoms with E-state index >= 15 is 0 Å². The second-order valence-corrected chi connectivity index (χ2v) is 6.30. The van der Waals surface area contributed by atoms with Crippen molar-refractivity contribution in [2.45, 2.75) is 13.1 Å². The number of hydrogen-bond acceptors (Lipinski definition) is 3. The summed E-state index contributed by atoms with van der Waals surface area (Å²) in [5.74, 6) is -1.40. The Bertz CT molecular complexity index is 870. The van der Waals surface area contributed by atoms with Gasteiger partial charge in [-0.2, -0.15) is 0 Å². The third-order valence-electron chi connectivity index (χ3n) is 4.19. The van der Waals surface area contributed by atoms with Crippen LogP contribution in [0.25, 0.3) is 0 Å². The summed E-state index contributed by atoms with van der Waals surface area (Å²) < 4.78 is 18.1. The molecule has 3 aromatic rings. The number of ether oxygens (including phenoxy) is 1. The zero-order valence-corrected chi connectivity index (χ0v) is 15.3. The number of carbonyl (C=O) groups excluding carboxylic acids is 2. The van der Waals surface area contributed by atoms with E-state index in [1.807, 2.05) is 60.7 Å². The molecule has 0 aliphatic rings. The molecular weight excluding hydrogens is 357 g/mol. The highest BCUT2D eigenvalue weighted by Crippen LogP contribution is 2.11. The van der Waals surface area contributed by atoms with Gasteiger partial charge in [0.2, 0.25) is 0 Å². The van der Waals surface area contributed by atoms with Crippen LogP contribution in [-0.4, -0.2) is 23.4 Å². The maximum atomic E-state index is 13.0. The predicted molar refractivity (Wildman–Crippen MR) is 104 cm³/mol. The lowest BCUT2D eigenvalue weighted by Gasteiger charge is -2.23. The van der Waals surface area contributed by atoms with Gasteiger partial charge in [-0.1, -0.05) is 60.7 Å². The van der Waals surface area contributed by atoms with E-state index in [0.717, 1.165) is 11.1 Å². The number of carbonyl (C=O) groups is 2. The van der Waals surface area contributed by atoms with Crippen LogP contribution in [0.15, 0.2) is 84.9 Å². The van der Waals surface area contributed by atoms with Crippen LogP contribution in [0.2, 0.25) is 0 Å². The van der Waals surface area contributed by atoms with Gasteiger partial charge in [-0.05, 0) is 35.4 Å². The van der Waals surface area contributed by atoms with Crippen LogP contribution in [0, 0.1) is 5.82 Å². The molecular formula is C23H20FNO3. The van der Waals surface area contributed by atoms with E-state index in [-0.39, 0.29) is 18.1 Å². The summed E-state index contributed by atoms with van der Waals surface area (Å²) in [6.45, 7) is 0.432. The van der Waals surface area contributed by atoms with Crippen molar-refractivity contribution in [2.24, 2.45) is 0 Å². The fourth-order valence-corrected chi connectivity index (χ4v) is 2.73. The van der Waals surface area contributed by atoms with Crippen molar-refractivity contribution in [3.05, 3.63) is 107 Å². The van der Waals surface area contributed by atoms with E-state index < -0.39 is 11.8 Å². The minimum atomic E-state index is -0.660. The first-order chi connectivity index (χ1) is 13.6. The summed E-state index contributed by atoms with van der Waals surface area (Å²) in [5, 5.41) is 0. The van der Waals surface area contributed by atoms with E-state index in [1.54, 1.807) is 4.90 Å². The first-order valence-electron chi connectivity index (χ1n) is 8.90. The first kappa shape index (κ1) is 19.3. The third-order valence-corrected chi connectivity index (χ3v) is 4.19. The molecule has 3 rings (SSSR count). The Labute approximate surface area is 163 Å². The molecule has 3 aromatic carbocycles. The van der Waals surface area contributed by atoms with Gasteiger partial charge in [0.05, 0.1) is 5.56 Å². The molecule has 0 atom stereocenters. The summed E-state index contributed by atoms with van der Waals surface area (Å²) >= 11 is 0. The number of hydrogen-bond donors (Lipinski definition) is 0. The van der Waals surface area contributed by atoms with Gasteiger partial charge in [0, 0.05) is 13.1 Å².